The van der Waals surface area contributed by atoms with E-state index in [0.717, 1.165) is 21.6 Å². The standard InChI is InChI=1S/C27H26N4OS/c1-18-7-4-8-19(13-18)9-6-12-23-25(32)31(3)26(29)30-27(23,2)24-15-22(17-33-24)21-11-5-10-20(14-21)16-28/h4-11,13-15,17,23H,12H2,1-3H3,(H2,29,30)/b9-6+. The van der Waals surface area contributed by atoms with Crippen molar-refractivity contribution in [3.05, 3.63) is 87.6 Å². The normalized spacial score (nSPS) is 20.7. The Hall–Kier alpha value is -3.69. The minimum Gasteiger partial charge on any atom is -0.369 e. The maximum Gasteiger partial charge on any atom is 0.235 e. The number of carbonyl (C=O) groups is 1. The lowest BCUT2D eigenvalue weighted by Gasteiger charge is -2.39. The Morgan fingerprint density at radius 3 is 2.76 bits per heavy atom. The van der Waals surface area contributed by atoms with Gasteiger partial charge in [-0.3, -0.25) is 9.69 Å². The zero-order valence-electron chi connectivity index (χ0n) is 18.9. The van der Waals surface area contributed by atoms with E-state index in [0.29, 0.717) is 12.0 Å². The molecule has 6 heteroatoms. The lowest BCUT2D eigenvalue weighted by Crippen LogP contribution is -2.53. The number of nitriles is 1. The van der Waals surface area contributed by atoms with Crippen LogP contribution in [0.15, 0.2) is 71.0 Å². The van der Waals surface area contributed by atoms with E-state index in [9.17, 15) is 10.1 Å². The first-order valence-electron chi connectivity index (χ1n) is 10.8. The lowest BCUT2D eigenvalue weighted by molar-refractivity contribution is -0.133. The maximum atomic E-state index is 13.3. The number of hydrogen-bond donors (Lipinski definition) is 1. The number of benzene rings is 2. The number of guanidine groups is 1. The second kappa shape index (κ2) is 9.05. The van der Waals surface area contributed by atoms with Gasteiger partial charge < -0.3 is 5.73 Å². The van der Waals surface area contributed by atoms with Crippen molar-refractivity contribution in [2.24, 2.45) is 16.6 Å². The first kappa shape index (κ1) is 22.5. The summed E-state index contributed by atoms with van der Waals surface area (Å²) < 4.78 is 0. The van der Waals surface area contributed by atoms with Crippen molar-refractivity contribution in [1.29, 1.82) is 5.26 Å². The largest absolute Gasteiger partial charge is 0.369 e. The summed E-state index contributed by atoms with van der Waals surface area (Å²) >= 11 is 1.56. The Morgan fingerprint density at radius 1 is 1.21 bits per heavy atom. The highest BCUT2D eigenvalue weighted by molar-refractivity contribution is 7.10. The van der Waals surface area contributed by atoms with E-state index >= 15 is 0 Å². The van der Waals surface area contributed by atoms with Crippen molar-refractivity contribution in [2.45, 2.75) is 25.8 Å². The van der Waals surface area contributed by atoms with Crippen LogP contribution in [0.5, 0.6) is 0 Å². The molecule has 2 aromatic carbocycles. The lowest BCUT2D eigenvalue weighted by atomic mass is 9.79. The Bertz CT molecular complexity index is 1300. The molecule has 2 unspecified atom stereocenters. The van der Waals surface area contributed by atoms with Gasteiger partial charge in [-0.1, -0.05) is 54.1 Å². The summed E-state index contributed by atoms with van der Waals surface area (Å²) in [5, 5.41) is 11.3. The molecular weight excluding hydrogens is 428 g/mol. The van der Waals surface area contributed by atoms with Crippen molar-refractivity contribution in [1.82, 2.24) is 4.90 Å². The third-order valence-corrected chi connectivity index (χ3v) is 7.30. The fraction of sp³-hybridized carbons (Fsp3) is 0.222. The number of amides is 1. The fourth-order valence-corrected chi connectivity index (χ4v) is 5.25. The molecule has 33 heavy (non-hydrogen) atoms. The number of nitrogens with two attached hydrogens (primary N) is 1. The van der Waals surface area contributed by atoms with Gasteiger partial charge in [0.25, 0.3) is 0 Å². The number of aliphatic imine (C=N–C) groups is 1. The van der Waals surface area contributed by atoms with E-state index in [4.69, 9.17) is 10.7 Å². The fourth-order valence-electron chi connectivity index (χ4n) is 4.17. The van der Waals surface area contributed by atoms with Gasteiger partial charge in [-0.25, -0.2) is 4.99 Å². The predicted molar refractivity (Wildman–Crippen MR) is 135 cm³/mol. The van der Waals surface area contributed by atoms with Crippen LogP contribution in [0.25, 0.3) is 17.2 Å². The first-order chi connectivity index (χ1) is 15.8. The van der Waals surface area contributed by atoms with E-state index < -0.39 is 5.54 Å². The minimum absolute atomic E-state index is 0.0414. The molecule has 166 valence electrons. The number of aryl methyl sites for hydroxylation is 1. The average molecular weight is 455 g/mol. The molecule has 0 spiro atoms. The van der Waals surface area contributed by atoms with E-state index in [-0.39, 0.29) is 17.8 Å². The van der Waals surface area contributed by atoms with Crippen molar-refractivity contribution in [3.8, 4) is 17.2 Å². The molecule has 0 radical (unpaired) electrons. The third kappa shape index (κ3) is 4.46. The van der Waals surface area contributed by atoms with Gasteiger partial charge in [0.05, 0.1) is 17.6 Å². The molecule has 2 N–H and O–H groups in total. The number of nitrogens with zero attached hydrogens (tertiary/aromatic N) is 3. The average Bonchev–Trinajstić information content (AvgIpc) is 3.31. The van der Waals surface area contributed by atoms with Crippen LogP contribution in [0.1, 0.15) is 34.9 Å². The molecule has 0 aliphatic carbocycles. The van der Waals surface area contributed by atoms with Crippen LogP contribution in [-0.4, -0.2) is 23.8 Å². The number of thiophene rings is 1. The molecule has 0 saturated carbocycles. The Labute approximate surface area is 198 Å². The molecule has 2 heterocycles. The van der Waals surface area contributed by atoms with Gasteiger partial charge in [-0.05, 0) is 60.5 Å². The van der Waals surface area contributed by atoms with Gasteiger partial charge in [-0.15, -0.1) is 11.3 Å². The highest BCUT2D eigenvalue weighted by Gasteiger charge is 2.46. The molecule has 1 aliphatic heterocycles. The number of hydrogen-bond acceptors (Lipinski definition) is 5. The monoisotopic (exact) mass is 454 g/mol. The zero-order chi connectivity index (χ0) is 23.6. The zero-order valence-corrected chi connectivity index (χ0v) is 19.8. The molecule has 0 fully saturated rings. The summed E-state index contributed by atoms with van der Waals surface area (Å²) in [7, 11) is 1.67. The van der Waals surface area contributed by atoms with Crippen LogP contribution in [0.4, 0.5) is 0 Å². The Morgan fingerprint density at radius 2 is 2.00 bits per heavy atom. The summed E-state index contributed by atoms with van der Waals surface area (Å²) in [6, 6.07) is 20.0. The quantitative estimate of drug-likeness (QED) is 0.567. The van der Waals surface area contributed by atoms with Crippen LogP contribution >= 0.6 is 11.3 Å². The molecule has 0 bridgehead atoms. The molecule has 1 aromatic heterocycles. The SMILES string of the molecule is Cc1cccc(/C=C/CC2C(=O)N(C)C(N)=NC2(C)c2cc(-c3cccc(C#N)c3)cs2)c1. The summed E-state index contributed by atoms with van der Waals surface area (Å²) in [5.74, 6) is -0.198. The molecule has 1 amide bonds. The molecule has 0 saturated heterocycles. The van der Waals surface area contributed by atoms with Crippen LogP contribution in [0.2, 0.25) is 0 Å². The van der Waals surface area contributed by atoms with Gasteiger partial charge in [0, 0.05) is 11.9 Å². The van der Waals surface area contributed by atoms with E-state index in [1.54, 1.807) is 24.5 Å². The number of carbonyl (C=O) groups excluding carboxylic acids is 1. The molecule has 3 aromatic rings. The van der Waals surface area contributed by atoms with E-state index in [2.05, 4.69) is 43.3 Å². The van der Waals surface area contributed by atoms with Gasteiger partial charge in [-0.2, -0.15) is 5.26 Å². The maximum absolute atomic E-state index is 13.3. The highest BCUT2D eigenvalue weighted by Crippen LogP contribution is 2.44. The first-order valence-corrected chi connectivity index (χ1v) is 11.7. The van der Waals surface area contributed by atoms with Crippen molar-refractivity contribution in [2.75, 3.05) is 7.05 Å². The van der Waals surface area contributed by atoms with Crippen LogP contribution in [0.3, 0.4) is 0 Å². The smallest absolute Gasteiger partial charge is 0.235 e. The van der Waals surface area contributed by atoms with E-state index in [1.165, 1.54) is 10.5 Å². The minimum atomic E-state index is -0.777. The summed E-state index contributed by atoms with van der Waals surface area (Å²) in [6.07, 6.45) is 4.64. The molecular formula is C27H26N4OS. The van der Waals surface area contributed by atoms with Gasteiger partial charge in [0.1, 0.15) is 5.54 Å². The van der Waals surface area contributed by atoms with Gasteiger partial charge in [0.2, 0.25) is 5.91 Å². The Kier molecular flexibility index (Phi) is 6.17. The third-order valence-electron chi connectivity index (χ3n) is 6.15. The summed E-state index contributed by atoms with van der Waals surface area (Å²) in [4.78, 5) is 20.5. The van der Waals surface area contributed by atoms with Crippen molar-refractivity contribution < 1.29 is 4.79 Å². The van der Waals surface area contributed by atoms with Crippen LogP contribution in [0, 0.1) is 24.2 Å². The second-order valence-electron chi connectivity index (χ2n) is 8.51. The van der Waals surface area contributed by atoms with Crippen molar-refractivity contribution >= 4 is 29.3 Å². The molecule has 1 aliphatic rings. The predicted octanol–water partition coefficient (Wildman–Crippen LogP) is 5.32. The molecule has 5 nitrogen and oxygen atoms in total. The molecule has 4 rings (SSSR count). The highest BCUT2D eigenvalue weighted by atomic mass is 32.1. The van der Waals surface area contributed by atoms with Crippen molar-refractivity contribution in [3.63, 3.8) is 0 Å². The Balaban J connectivity index is 1.68. The summed E-state index contributed by atoms with van der Waals surface area (Å²) in [5.41, 5.74) is 10.2. The van der Waals surface area contributed by atoms with Gasteiger partial charge in [0.15, 0.2) is 5.96 Å². The molecule has 2 atom stereocenters. The number of rotatable bonds is 5. The summed E-state index contributed by atoms with van der Waals surface area (Å²) in [6.45, 7) is 4.05. The topological polar surface area (TPSA) is 82.5 Å². The second-order valence-corrected chi connectivity index (χ2v) is 9.42. The van der Waals surface area contributed by atoms with Crippen LogP contribution < -0.4 is 5.73 Å². The van der Waals surface area contributed by atoms with Crippen LogP contribution in [-0.2, 0) is 10.3 Å². The van der Waals surface area contributed by atoms with E-state index in [1.807, 2.05) is 42.6 Å². The number of allylic oxidation sites excluding steroid dienone is 1. The van der Waals surface area contributed by atoms with Gasteiger partial charge >= 0.3 is 0 Å².